The molecule has 0 aliphatic carbocycles. The molecular weight excluding hydrogens is 264 g/mol. The normalized spacial score (nSPS) is 10.4. The van der Waals surface area contributed by atoms with Gasteiger partial charge in [0.2, 0.25) is 0 Å². The molecule has 0 spiro atoms. The Kier molecular flexibility index (Phi) is 4.53. The molecule has 0 aliphatic heterocycles. The van der Waals surface area contributed by atoms with E-state index in [-0.39, 0.29) is 12.2 Å². The minimum absolute atomic E-state index is 0.0814. The van der Waals surface area contributed by atoms with Crippen LogP contribution in [0.15, 0.2) is 36.4 Å². The van der Waals surface area contributed by atoms with E-state index in [1.807, 2.05) is 0 Å². The maximum absolute atomic E-state index is 13.5. The molecule has 0 aliphatic rings. The molecule has 2 aromatic rings. The first-order chi connectivity index (χ1) is 9.63. The molecule has 5 heteroatoms. The van der Waals surface area contributed by atoms with E-state index in [1.54, 1.807) is 18.2 Å². The van der Waals surface area contributed by atoms with Gasteiger partial charge in [-0.3, -0.25) is 0 Å². The highest BCUT2D eigenvalue weighted by Crippen LogP contribution is 2.29. The first-order valence-electron chi connectivity index (χ1n) is 6.07. The molecule has 0 bridgehead atoms. The van der Waals surface area contributed by atoms with Crippen molar-refractivity contribution >= 4 is 0 Å². The van der Waals surface area contributed by atoms with Crippen LogP contribution in [0.3, 0.4) is 0 Å². The van der Waals surface area contributed by atoms with Crippen molar-refractivity contribution in [3.8, 4) is 11.5 Å². The van der Waals surface area contributed by atoms with Gasteiger partial charge in [-0.25, -0.2) is 8.78 Å². The van der Waals surface area contributed by atoms with E-state index in [1.165, 1.54) is 7.11 Å². The number of benzene rings is 2. The van der Waals surface area contributed by atoms with Crippen LogP contribution in [0.25, 0.3) is 0 Å². The van der Waals surface area contributed by atoms with Crippen LogP contribution >= 0.6 is 0 Å². The van der Waals surface area contributed by atoms with Gasteiger partial charge >= 0.3 is 0 Å². The highest BCUT2D eigenvalue weighted by Gasteiger charge is 2.08. The third kappa shape index (κ3) is 3.24. The van der Waals surface area contributed by atoms with Gasteiger partial charge in [0.25, 0.3) is 0 Å². The lowest BCUT2D eigenvalue weighted by molar-refractivity contribution is 0.279. The largest absolute Gasteiger partial charge is 0.493 e. The van der Waals surface area contributed by atoms with Gasteiger partial charge in [0.1, 0.15) is 18.2 Å². The lowest BCUT2D eigenvalue weighted by Crippen LogP contribution is -2.02. The molecule has 3 nitrogen and oxygen atoms in total. The first-order valence-corrected chi connectivity index (χ1v) is 6.07. The van der Waals surface area contributed by atoms with E-state index >= 15 is 0 Å². The molecule has 0 aromatic heterocycles. The zero-order valence-electron chi connectivity index (χ0n) is 11.0. The average molecular weight is 279 g/mol. The Bertz CT molecular complexity index is 602. The SMILES string of the molecule is COc1cc(CN)ccc1OCc1cc(F)ccc1F. The van der Waals surface area contributed by atoms with Crippen LogP contribution < -0.4 is 15.2 Å². The van der Waals surface area contributed by atoms with E-state index in [4.69, 9.17) is 15.2 Å². The van der Waals surface area contributed by atoms with Crippen LogP contribution in [0.1, 0.15) is 11.1 Å². The van der Waals surface area contributed by atoms with Gasteiger partial charge in [-0.1, -0.05) is 6.07 Å². The second-order valence-electron chi connectivity index (χ2n) is 4.21. The molecule has 0 unspecified atom stereocenters. The second kappa shape index (κ2) is 6.34. The highest BCUT2D eigenvalue weighted by atomic mass is 19.1. The summed E-state index contributed by atoms with van der Waals surface area (Å²) >= 11 is 0. The van der Waals surface area contributed by atoms with Gasteiger partial charge in [-0.05, 0) is 35.9 Å². The number of hydrogen-bond donors (Lipinski definition) is 1. The predicted molar refractivity (Wildman–Crippen MR) is 71.6 cm³/mol. The van der Waals surface area contributed by atoms with E-state index in [9.17, 15) is 8.78 Å². The molecule has 0 atom stereocenters. The van der Waals surface area contributed by atoms with E-state index in [0.717, 1.165) is 23.8 Å². The Morgan fingerprint density at radius 1 is 1.05 bits per heavy atom. The van der Waals surface area contributed by atoms with Crippen molar-refractivity contribution in [1.82, 2.24) is 0 Å². The van der Waals surface area contributed by atoms with Gasteiger partial charge in [0.05, 0.1) is 7.11 Å². The van der Waals surface area contributed by atoms with Crippen LogP contribution in [0.5, 0.6) is 11.5 Å². The molecule has 0 amide bonds. The molecule has 20 heavy (non-hydrogen) atoms. The summed E-state index contributed by atoms with van der Waals surface area (Å²) < 4.78 is 37.2. The Morgan fingerprint density at radius 3 is 2.55 bits per heavy atom. The molecular formula is C15H15F2NO2. The van der Waals surface area contributed by atoms with Crippen molar-refractivity contribution < 1.29 is 18.3 Å². The van der Waals surface area contributed by atoms with Crippen molar-refractivity contribution in [2.24, 2.45) is 5.73 Å². The maximum atomic E-state index is 13.5. The number of rotatable bonds is 5. The maximum Gasteiger partial charge on any atom is 0.161 e. The van der Waals surface area contributed by atoms with Crippen molar-refractivity contribution in [2.45, 2.75) is 13.2 Å². The summed E-state index contributed by atoms with van der Waals surface area (Å²) in [5.74, 6) is -0.0579. The lowest BCUT2D eigenvalue weighted by atomic mass is 10.2. The third-order valence-electron chi connectivity index (χ3n) is 2.85. The summed E-state index contributed by atoms with van der Waals surface area (Å²) in [7, 11) is 1.51. The molecule has 0 saturated heterocycles. The summed E-state index contributed by atoms with van der Waals surface area (Å²) in [4.78, 5) is 0. The minimum atomic E-state index is -0.510. The van der Waals surface area contributed by atoms with Crippen molar-refractivity contribution in [2.75, 3.05) is 7.11 Å². The fourth-order valence-electron chi connectivity index (χ4n) is 1.77. The van der Waals surface area contributed by atoms with Crippen LogP contribution in [0.4, 0.5) is 8.78 Å². The quantitative estimate of drug-likeness (QED) is 0.915. The van der Waals surface area contributed by atoms with E-state index in [2.05, 4.69) is 0 Å². The van der Waals surface area contributed by atoms with Gasteiger partial charge in [0, 0.05) is 12.1 Å². The molecule has 2 rings (SSSR count). The smallest absolute Gasteiger partial charge is 0.161 e. The van der Waals surface area contributed by atoms with Gasteiger partial charge in [-0.15, -0.1) is 0 Å². The molecule has 2 N–H and O–H groups in total. The Labute approximate surface area is 115 Å². The first kappa shape index (κ1) is 14.3. The van der Waals surface area contributed by atoms with Crippen LogP contribution in [-0.4, -0.2) is 7.11 Å². The standard InChI is InChI=1S/C15H15F2NO2/c1-19-15-6-10(8-18)2-5-14(15)20-9-11-7-12(16)3-4-13(11)17/h2-7H,8-9,18H2,1H3. The van der Waals surface area contributed by atoms with E-state index in [0.29, 0.717) is 18.0 Å². The zero-order valence-corrected chi connectivity index (χ0v) is 11.0. The highest BCUT2D eigenvalue weighted by molar-refractivity contribution is 5.43. The van der Waals surface area contributed by atoms with Crippen molar-refractivity contribution in [3.63, 3.8) is 0 Å². The Balaban J connectivity index is 2.16. The summed E-state index contributed by atoms with van der Waals surface area (Å²) in [6, 6.07) is 8.48. The minimum Gasteiger partial charge on any atom is -0.493 e. The number of hydrogen-bond acceptors (Lipinski definition) is 3. The van der Waals surface area contributed by atoms with Gasteiger partial charge < -0.3 is 15.2 Å². The predicted octanol–water partition coefficient (Wildman–Crippen LogP) is 3.01. The van der Waals surface area contributed by atoms with Crippen molar-refractivity contribution in [1.29, 1.82) is 0 Å². The van der Waals surface area contributed by atoms with E-state index < -0.39 is 11.6 Å². The fourth-order valence-corrected chi connectivity index (χ4v) is 1.77. The number of ether oxygens (including phenoxy) is 2. The van der Waals surface area contributed by atoms with Crippen LogP contribution in [0.2, 0.25) is 0 Å². The monoisotopic (exact) mass is 279 g/mol. The second-order valence-corrected chi connectivity index (χ2v) is 4.21. The zero-order chi connectivity index (χ0) is 14.5. The number of nitrogens with two attached hydrogens (primary N) is 1. The number of methoxy groups -OCH3 is 1. The molecule has 0 radical (unpaired) electrons. The molecule has 0 saturated carbocycles. The van der Waals surface area contributed by atoms with Gasteiger partial charge in [-0.2, -0.15) is 0 Å². The Morgan fingerprint density at radius 2 is 1.85 bits per heavy atom. The lowest BCUT2D eigenvalue weighted by Gasteiger charge is -2.12. The summed E-state index contributed by atoms with van der Waals surface area (Å²) in [6.45, 7) is 0.303. The fraction of sp³-hybridized carbons (Fsp3) is 0.200. The van der Waals surface area contributed by atoms with Gasteiger partial charge in [0.15, 0.2) is 11.5 Å². The van der Waals surface area contributed by atoms with Crippen molar-refractivity contribution in [3.05, 3.63) is 59.2 Å². The Hall–Kier alpha value is -2.14. The van der Waals surface area contributed by atoms with Crippen LogP contribution in [-0.2, 0) is 13.2 Å². The average Bonchev–Trinajstić information content (AvgIpc) is 2.48. The molecule has 2 aromatic carbocycles. The molecule has 0 fully saturated rings. The molecule has 106 valence electrons. The van der Waals surface area contributed by atoms with Crippen LogP contribution in [0, 0.1) is 11.6 Å². The third-order valence-corrected chi connectivity index (χ3v) is 2.85. The summed E-state index contributed by atoms with van der Waals surface area (Å²) in [5, 5.41) is 0. The number of halogens is 2. The summed E-state index contributed by atoms with van der Waals surface area (Å²) in [6.07, 6.45) is 0. The molecule has 0 heterocycles. The topological polar surface area (TPSA) is 44.5 Å². The summed E-state index contributed by atoms with van der Waals surface area (Å²) in [5.41, 5.74) is 6.58.